The Kier molecular flexibility index (Phi) is 19.5. The summed E-state index contributed by atoms with van der Waals surface area (Å²) in [6, 6.07) is 9.26. The van der Waals surface area contributed by atoms with E-state index in [4.69, 9.17) is 0 Å². The minimum Gasteiger partial charge on any atom is -0.0654 e. The van der Waals surface area contributed by atoms with Crippen LogP contribution >= 0.6 is 0 Å². The molecule has 0 aliphatic heterocycles. The minimum atomic E-state index is 1.30. The molecule has 0 amide bonds. The molecule has 0 radical (unpaired) electrons. The Morgan fingerprint density at radius 3 is 0.933 bits per heavy atom. The zero-order valence-corrected chi connectivity index (χ0v) is 20.9. The van der Waals surface area contributed by atoms with E-state index in [0.717, 1.165) is 0 Å². The maximum absolute atomic E-state index is 2.39. The van der Waals surface area contributed by atoms with E-state index in [0.29, 0.717) is 0 Å². The fourth-order valence-electron chi connectivity index (χ4n) is 4.65. The quantitative estimate of drug-likeness (QED) is 0.165. The second-order valence-corrected chi connectivity index (χ2v) is 9.63. The first kappa shape index (κ1) is 27.3. The van der Waals surface area contributed by atoms with Crippen LogP contribution in [-0.2, 0) is 12.8 Å². The lowest BCUT2D eigenvalue weighted by Crippen LogP contribution is -1.95. The fraction of sp³-hybridized carbons (Fsp3) is 0.800. The zero-order chi connectivity index (χ0) is 21.5. The molecule has 0 bridgehead atoms. The van der Waals surface area contributed by atoms with E-state index in [2.05, 4.69) is 38.1 Å². The van der Waals surface area contributed by atoms with Crippen LogP contribution in [0.5, 0.6) is 0 Å². The highest BCUT2D eigenvalue weighted by Crippen LogP contribution is 2.18. The first-order valence-corrected chi connectivity index (χ1v) is 13.9. The molecule has 174 valence electrons. The largest absolute Gasteiger partial charge is 0.0654 e. The molecular weight excluding hydrogens is 360 g/mol. The second-order valence-electron chi connectivity index (χ2n) is 9.63. The van der Waals surface area contributed by atoms with Crippen molar-refractivity contribution >= 4 is 0 Å². The molecule has 30 heavy (non-hydrogen) atoms. The Morgan fingerprint density at radius 1 is 0.367 bits per heavy atom. The molecule has 0 saturated heterocycles. The molecule has 0 heteroatoms. The van der Waals surface area contributed by atoms with Crippen LogP contribution in [-0.4, -0.2) is 0 Å². The van der Waals surface area contributed by atoms with Gasteiger partial charge in [-0.25, -0.2) is 0 Å². The standard InChI is InChI=1S/C30H54/c1-3-5-7-9-11-13-14-15-16-18-20-22-26-30-28-24-23-27-29(30)25-21-19-17-12-10-8-6-4-2/h23-24,27-28H,3-22,25-26H2,1-2H3. The lowest BCUT2D eigenvalue weighted by Gasteiger charge is -2.10. The molecule has 0 aromatic heterocycles. The summed E-state index contributed by atoms with van der Waals surface area (Å²) in [4.78, 5) is 0. The van der Waals surface area contributed by atoms with Gasteiger partial charge >= 0.3 is 0 Å². The normalized spacial score (nSPS) is 11.3. The van der Waals surface area contributed by atoms with Gasteiger partial charge in [-0.1, -0.05) is 154 Å². The van der Waals surface area contributed by atoms with E-state index in [-0.39, 0.29) is 0 Å². The monoisotopic (exact) mass is 414 g/mol. The summed E-state index contributed by atoms with van der Waals surface area (Å²) in [5, 5.41) is 0. The summed E-state index contributed by atoms with van der Waals surface area (Å²) in [5.74, 6) is 0. The highest BCUT2D eigenvalue weighted by molar-refractivity contribution is 5.27. The lowest BCUT2D eigenvalue weighted by molar-refractivity contribution is 0.543. The van der Waals surface area contributed by atoms with Gasteiger partial charge in [-0.05, 0) is 36.8 Å². The van der Waals surface area contributed by atoms with Crippen LogP contribution in [0.3, 0.4) is 0 Å². The van der Waals surface area contributed by atoms with Crippen molar-refractivity contribution in [2.75, 3.05) is 0 Å². The van der Waals surface area contributed by atoms with Gasteiger partial charge in [-0.2, -0.15) is 0 Å². The van der Waals surface area contributed by atoms with E-state index in [1.165, 1.54) is 141 Å². The van der Waals surface area contributed by atoms with E-state index < -0.39 is 0 Å². The van der Waals surface area contributed by atoms with Crippen molar-refractivity contribution in [3.63, 3.8) is 0 Å². The molecule has 0 nitrogen and oxygen atoms in total. The number of hydrogen-bond donors (Lipinski definition) is 0. The molecule has 0 heterocycles. The Morgan fingerprint density at radius 2 is 0.633 bits per heavy atom. The smallest absolute Gasteiger partial charge is 0.0276 e. The van der Waals surface area contributed by atoms with E-state index in [1.54, 1.807) is 11.1 Å². The zero-order valence-electron chi connectivity index (χ0n) is 20.9. The van der Waals surface area contributed by atoms with E-state index in [9.17, 15) is 0 Å². The summed E-state index contributed by atoms with van der Waals surface area (Å²) < 4.78 is 0. The highest BCUT2D eigenvalue weighted by atomic mass is 14.1. The average Bonchev–Trinajstić information content (AvgIpc) is 2.77. The molecule has 1 aromatic carbocycles. The van der Waals surface area contributed by atoms with Crippen LogP contribution < -0.4 is 0 Å². The molecule has 0 N–H and O–H groups in total. The first-order valence-electron chi connectivity index (χ1n) is 13.9. The van der Waals surface area contributed by atoms with Crippen molar-refractivity contribution in [3.05, 3.63) is 35.4 Å². The van der Waals surface area contributed by atoms with Crippen molar-refractivity contribution < 1.29 is 0 Å². The van der Waals surface area contributed by atoms with Gasteiger partial charge in [0, 0.05) is 0 Å². The molecule has 0 unspecified atom stereocenters. The predicted molar refractivity (Wildman–Crippen MR) is 138 cm³/mol. The topological polar surface area (TPSA) is 0 Å². The summed E-state index contributed by atoms with van der Waals surface area (Å²) >= 11 is 0. The van der Waals surface area contributed by atoms with Crippen LogP contribution in [0.25, 0.3) is 0 Å². The molecule has 0 saturated carbocycles. The summed E-state index contributed by atoms with van der Waals surface area (Å²) in [6.07, 6.45) is 31.2. The van der Waals surface area contributed by atoms with Crippen molar-refractivity contribution in [1.29, 1.82) is 0 Å². The number of benzene rings is 1. The molecule has 0 fully saturated rings. The van der Waals surface area contributed by atoms with Crippen LogP contribution in [0.4, 0.5) is 0 Å². The SMILES string of the molecule is CCCCCCCCCCCCCCc1ccccc1CCCCCCCCCC. The first-order chi connectivity index (χ1) is 14.9. The Hall–Kier alpha value is -0.780. The minimum absolute atomic E-state index is 1.30. The van der Waals surface area contributed by atoms with Gasteiger partial charge in [0.15, 0.2) is 0 Å². The summed E-state index contributed by atoms with van der Waals surface area (Å²) in [5.41, 5.74) is 3.26. The van der Waals surface area contributed by atoms with Crippen molar-refractivity contribution in [3.8, 4) is 0 Å². The third kappa shape index (κ3) is 16.0. The van der Waals surface area contributed by atoms with Gasteiger partial charge in [-0.15, -0.1) is 0 Å². The molecule has 0 atom stereocenters. The number of unbranched alkanes of at least 4 members (excludes halogenated alkanes) is 18. The Labute approximate surface area is 190 Å². The van der Waals surface area contributed by atoms with Crippen molar-refractivity contribution in [2.24, 2.45) is 0 Å². The van der Waals surface area contributed by atoms with Gasteiger partial charge < -0.3 is 0 Å². The van der Waals surface area contributed by atoms with Gasteiger partial charge in [-0.3, -0.25) is 0 Å². The molecular formula is C30H54. The average molecular weight is 415 g/mol. The van der Waals surface area contributed by atoms with Crippen molar-refractivity contribution in [2.45, 2.75) is 155 Å². The Balaban J connectivity index is 2.00. The van der Waals surface area contributed by atoms with Crippen LogP contribution in [0.1, 0.15) is 153 Å². The van der Waals surface area contributed by atoms with Gasteiger partial charge in [0.2, 0.25) is 0 Å². The number of hydrogen-bond acceptors (Lipinski definition) is 0. The predicted octanol–water partition coefficient (Wildman–Crippen LogP) is 10.6. The van der Waals surface area contributed by atoms with Gasteiger partial charge in [0.1, 0.15) is 0 Å². The van der Waals surface area contributed by atoms with E-state index >= 15 is 0 Å². The summed E-state index contributed by atoms with van der Waals surface area (Å²) in [7, 11) is 0. The highest BCUT2D eigenvalue weighted by Gasteiger charge is 2.02. The maximum atomic E-state index is 2.39. The van der Waals surface area contributed by atoms with Crippen LogP contribution in [0, 0.1) is 0 Å². The summed E-state index contributed by atoms with van der Waals surface area (Å²) in [6.45, 7) is 4.60. The third-order valence-electron chi connectivity index (χ3n) is 6.72. The molecule has 1 aromatic rings. The van der Waals surface area contributed by atoms with Crippen molar-refractivity contribution in [1.82, 2.24) is 0 Å². The molecule has 1 rings (SSSR count). The van der Waals surface area contributed by atoms with Crippen LogP contribution in [0.2, 0.25) is 0 Å². The number of rotatable bonds is 22. The maximum Gasteiger partial charge on any atom is -0.0276 e. The van der Waals surface area contributed by atoms with Gasteiger partial charge in [0.25, 0.3) is 0 Å². The van der Waals surface area contributed by atoms with E-state index in [1.807, 2.05) is 0 Å². The fourth-order valence-corrected chi connectivity index (χ4v) is 4.65. The second kappa shape index (κ2) is 21.5. The van der Waals surface area contributed by atoms with Crippen LogP contribution in [0.15, 0.2) is 24.3 Å². The Bertz CT molecular complexity index is 461. The molecule has 0 aliphatic rings. The molecule has 0 aliphatic carbocycles. The lowest BCUT2D eigenvalue weighted by atomic mass is 9.96. The molecule has 0 spiro atoms. The van der Waals surface area contributed by atoms with Gasteiger partial charge in [0.05, 0.1) is 0 Å². The number of aryl methyl sites for hydroxylation is 2. The third-order valence-corrected chi connectivity index (χ3v) is 6.72.